The molecule has 3 rings (SSSR count). The summed E-state index contributed by atoms with van der Waals surface area (Å²) in [5, 5.41) is 0. The van der Waals surface area contributed by atoms with Gasteiger partial charge in [0.05, 0.1) is 0 Å². The summed E-state index contributed by atoms with van der Waals surface area (Å²) in [5.74, 6) is 0.941. The molecule has 1 saturated heterocycles. The number of amides is 1. The summed E-state index contributed by atoms with van der Waals surface area (Å²) >= 11 is 0. The molecule has 1 aliphatic carbocycles. The van der Waals surface area contributed by atoms with E-state index in [9.17, 15) is 9.59 Å². The summed E-state index contributed by atoms with van der Waals surface area (Å²) in [6.45, 7) is 3.62. The molecule has 2 aliphatic heterocycles. The van der Waals surface area contributed by atoms with Crippen molar-refractivity contribution in [2.75, 3.05) is 0 Å². The van der Waals surface area contributed by atoms with Crippen LogP contribution in [0.4, 0.5) is 0 Å². The number of nitrogens with zero attached hydrogens (tertiary/aromatic N) is 1. The van der Waals surface area contributed by atoms with Crippen LogP contribution in [-0.2, 0) is 9.59 Å². The summed E-state index contributed by atoms with van der Waals surface area (Å²) in [7, 11) is 0. The van der Waals surface area contributed by atoms with Crippen LogP contribution < -0.4 is 0 Å². The number of hydrogen-bond acceptors (Lipinski definition) is 2. The van der Waals surface area contributed by atoms with Crippen molar-refractivity contribution in [3.63, 3.8) is 0 Å². The Bertz CT molecular complexity index is 438. The number of Topliss-reactive ketones (excluding diaryl/α,β-unsaturated/α-hetero) is 1. The molecular formula is C15H21NO2. The molecule has 98 valence electrons. The minimum Gasteiger partial charge on any atom is -0.332 e. The number of hydrogen-bond donors (Lipinski definition) is 0. The van der Waals surface area contributed by atoms with Gasteiger partial charge in [-0.3, -0.25) is 9.59 Å². The van der Waals surface area contributed by atoms with Gasteiger partial charge in [-0.05, 0) is 39.0 Å². The fraction of sp³-hybridized carbons (Fsp3) is 0.733. The molecule has 3 aliphatic rings. The van der Waals surface area contributed by atoms with E-state index in [0.717, 1.165) is 12.8 Å². The lowest BCUT2D eigenvalue weighted by Crippen LogP contribution is -2.43. The second kappa shape index (κ2) is 4.22. The topological polar surface area (TPSA) is 37.4 Å². The molecule has 0 N–H and O–H groups in total. The van der Waals surface area contributed by atoms with Crippen LogP contribution in [0, 0.1) is 5.92 Å². The van der Waals surface area contributed by atoms with Crippen molar-refractivity contribution in [1.82, 2.24) is 4.90 Å². The molecule has 0 radical (unpaired) electrons. The van der Waals surface area contributed by atoms with E-state index in [2.05, 4.69) is 4.90 Å². The molecule has 3 nitrogen and oxygen atoms in total. The lowest BCUT2D eigenvalue weighted by Gasteiger charge is -2.33. The first kappa shape index (κ1) is 11.9. The van der Waals surface area contributed by atoms with E-state index in [4.69, 9.17) is 0 Å². The maximum atomic E-state index is 12.6. The number of rotatable bonds is 0. The van der Waals surface area contributed by atoms with Crippen molar-refractivity contribution in [2.24, 2.45) is 5.92 Å². The minimum absolute atomic E-state index is 0.123. The van der Waals surface area contributed by atoms with Gasteiger partial charge in [0, 0.05) is 29.7 Å². The second-order valence-electron chi connectivity index (χ2n) is 6.09. The van der Waals surface area contributed by atoms with E-state index in [-0.39, 0.29) is 17.7 Å². The smallest absolute Gasteiger partial charge is 0.250 e. The summed E-state index contributed by atoms with van der Waals surface area (Å²) in [4.78, 5) is 26.7. The van der Waals surface area contributed by atoms with Gasteiger partial charge in [-0.1, -0.05) is 12.8 Å². The van der Waals surface area contributed by atoms with E-state index >= 15 is 0 Å². The number of fused-ring (bicyclic) bond motifs is 3. The zero-order valence-corrected chi connectivity index (χ0v) is 11.2. The molecular weight excluding hydrogens is 226 g/mol. The maximum Gasteiger partial charge on any atom is 0.250 e. The van der Waals surface area contributed by atoms with Gasteiger partial charge in [-0.15, -0.1) is 0 Å². The highest BCUT2D eigenvalue weighted by Gasteiger charge is 2.46. The van der Waals surface area contributed by atoms with Crippen molar-refractivity contribution in [3.05, 3.63) is 11.1 Å². The van der Waals surface area contributed by atoms with Crippen LogP contribution in [0.3, 0.4) is 0 Å². The monoisotopic (exact) mass is 247 g/mol. The molecule has 3 atom stereocenters. The van der Waals surface area contributed by atoms with Crippen LogP contribution in [0.2, 0.25) is 0 Å². The second-order valence-corrected chi connectivity index (χ2v) is 6.09. The molecule has 1 saturated carbocycles. The van der Waals surface area contributed by atoms with Crippen LogP contribution in [0.5, 0.6) is 0 Å². The summed E-state index contributed by atoms with van der Waals surface area (Å²) in [6, 6.07) is 0.579. The molecule has 18 heavy (non-hydrogen) atoms. The third-order valence-corrected chi connectivity index (χ3v) is 5.15. The Morgan fingerprint density at radius 2 is 1.78 bits per heavy atom. The largest absolute Gasteiger partial charge is 0.332 e. The highest BCUT2D eigenvalue weighted by molar-refractivity contribution is 6.07. The van der Waals surface area contributed by atoms with E-state index in [1.54, 1.807) is 6.92 Å². The van der Waals surface area contributed by atoms with E-state index in [1.807, 2.05) is 6.92 Å². The molecule has 2 heterocycles. The third kappa shape index (κ3) is 1.63. The first-order valence-electron chi connectivity index (χ1n) is 7.13. The van der Waals surface area contributed by atoms with Gasteiger partial charge in [-0.25, -0.2) is 0 Å². The zero-order chi connectivity index (χ0) is 12.9. The Hall–Kier alpha value is -1.12. The Morgan fingerprint density at radius 1 is 1.06 bits per heavy atom. The molecule has 2 fully saturated rings. The molecule has 0 aromatic carbocycles. The number of carbonyl (C=O) groups excluding carboxylic acids is 2. The van der Waals surface area contributed by atoms with E-state index < -0.39 is 0 Å². The van der Waals surface area contributed by atoms with Gasteiger partial charge in [0.2, 0.25) is 5.91 Å². The van der Waals surface area contributed by atoms with Crippen LogP contribution in [0.25, 0.3) is 0 Å². The average Bonchev–Trinajstić information content (AvgIpc) is 2.70. The van der Waals surface area contributed by atoms with Gasteiger partial charge >= 0.3 is 0 Å². The number of allylic oxidation sites excluding steroid dienone is 1. The summed E-state index contributed by atoms with van der Waals surface area (Å²) in [5.41, 5.74) is 1.36. The highest BCUT2D eigenvalue weighted by atomic mass is 16.2. The molecule has 0 aromatic heterocycles. The Balaban J connectivity index is 1.97. The van der Waals surface area contributed by atoms with E-state index in [0.29, 0.717) is 29.5 Å². The Labute approximate surface area is 108 Å². The van der Waals surface area contributed by atoms with Gasteiger partial charge in [0.15, 0.2) is 5.78 Å². The maximum absolute atomic E-state index is 12.6. The first-order chi connectivity index (χ1) is 8.59. The molecule has 0 unspecified atom stereocenters. The van der Waals surface area contributed by atoms with Crippen LogP contribution in [0.15, 0.2) is 11.1 Å². The van der Waals surface area contributed by atoms with Crippen LogP contribution in [0.1, 0.15) is 52.4 Å². The van der Waals surface area contributed by atoms with Gasteiger partial charge in [0.25, 0.3) is 0 Å². The zero-order valence-electron chi connectivity index (χ0n) is 11.2. The van der Waals surface area contributed by atoms with Crippen molar-refractivity contribution < 1.29 is 9.59 Å². The average molecular weight is 247 g/mol. The quantitative estimate of drug-likeness (QED) is 0.659. The minimum atomic E-state index is 0.123. The molecule has 1 amide bonds. The third-order valence-electron chi connectivity index (χ3n) is 5.15. The van der Waals surface area contributed by atoms with Crippen LogP contribution >= 0.6 is 0 Å². The lowest BCUT2D eigenvalue weighted by atomic mass is 9.84. The fourth-order valence-electron chi connectivity index (χ4n) is 3.99. The van der Waals surface area contributed by atoms with E-state index in [1.165, 1.54) is 19.3 Å². The van der Waals surface area contributed by atoms with Crippen LogP contribution in [-0.4, -0.2) is 28.7 Å². The van der Waals surface area contributed by atoms with Gasteiger partial charge < -0.3 is 4.90 Å². The van der Waals surface area contributed by atoms with Crippen molar-refractivity contribution in [2.45, 2.75) is 64.5 Å². The lowest BCUT2D eigenvalue weighted by molar-refractivity contribution is -0.130. The first-order valence-corrected chi connectivity index (χ1v) is 7.13. The molecule has 0 bridgehead atoms. The van der Waals surface area contributed by atoms with Gasteiger partial charge in [-0.2, -0.15) is 0 Å². The summed E-state index contributed by atoms with van der Waals surface area (Å²) < 4.78 is 0. The predicted molar refractivity (Wildman–Crippen MR) is 69.0 cm³/mol. The van der Waals surface area contributed by atoms with Crippen molar-refractivity contribution in [3.8, 4) is 0 Å². The SMILES string of the molecule is CC1=C(C)C(=O)N2[C@@H](CC1=O)C[C@H]1CCCC[C@H]12. The Kier molecular flexibility index (Phi) is 2.80. The van der Waals surface area contributed by atoms with Crippen molar-refractivity contribution >= 4 is 11.7 Å². The molecule has 0 aromatic rings. The number of carbonyl (C=O) groups is 2. The molecule has 3 heteroatoms. The highest BCUT2D eigenvalue weighted by Crippen LogP contribution is 2.42. The summed E-state index contributed by atoms with van der Waals surface area (Å²) in [6.07, 6.45) is 6.48. The standard InChI is InChI=1S/C15H21NO2/c1-9-10(2)15(18)16-12(8-14(9)17)7-11-5-3-4-6-13(11)16/h11-13H,3-8H2,1-2H3/t11-,12-,13-/m1/s1. The predicted octanol–water partition coefficient (Wildman–Crippen LogP) is 2.46. The Morgan fingerprint density at radius 3 is 2.56 bits per heavy atom. The fourth-order valence-corrected chi connectivity index (χ4v) is 3.99. The number of ketones is 1. The van der Waals surface area contributed by atoms with Crippen molar-refractivity contribution in [1.29, 1.82) is 0 Å². The molecule has 0 spiro atoms. The normalized spacial score (nSPS) is 36.6. The van der Waals surface area contributed by atoms with Gasteiger partial charge in [0.1, 0.15) is 0 Å².